The van der Waals surface area contributed by atoms with Gasteiger partial charge >= 0.3 is 0 Å². The third kappa shape index (κ3) is 4.70. The van der Waals surface area contributed by atoms with Crippen molar-refractivity contribution in [2.75, 3.05) is 5.32 Å². The molecular weight excluding hydrogens is 383 g/mol. The van der Waals surface area contributed by atoms with E-state index >= 15 is 0 Å². The number of rotatable bonds is 6. The maximum atomic E-state index is 13.1. The molecule has 2 heterocycles. The molecule has 30 heavy (non-hydrogen) atoms. The van der Waals surface area contributed by atoms with Gasteiger partial charge in [0.1, 0.15) is 23.2 Å². The number of hydrogen-bond donors (Lipinski definition) is 2. The summed E-state index contributed by atoms with van der Waals surface area (Å²) in [5.41, 5.74) is 1.93. The largest absolute Gasteiger partial charge is 0.465 e. The van der Waals surface area contributed by atoms with E-state index in [2.05, 4.69) is 20.6 Å². The fourth-order valence-electron chi connectivity index (χ4n) is 2.90. The molecule has 6 nitrogen and oxygen atoms in total. The molecule has 7 heteroatoms. The van der Waals surface area contributed by atoms with Crippen molar-refractivity contribution in [3.05, 3.63) is 95.8 Å². The monoisotopic (exact) mass is 402 g/mol. The Morgan fingerprint density at radius 3 is 2.67 bits per heavy atom. The number of anilines is 2. The van der Waals surface area contributed by atoms with Gasteiger partial charge in [-0.15, -0.1) is 0 Å². The van der Waals surface area contributed by atoms with Gasteiger partial charge in [0.25, 0.3) is 5.91 Å². The van der Waals surface area contributed by atoms with Gasteiger partial charge in [-0.2, -0.15) is 0 Å². The second-order valence-electron chi connectivity index (χ2n) is 6.67. The average Bonchev–Trinajstić information content (AvgIpc) is 3.18. The minimum atomic E-state index is -0.315. The van der Waals surface area contributed by atoms with Crippen LogP contribution in [0.1, 0.15) is 21.9 Å². The Kier molecular flexibility index (Phi) is 5.52. The van der Waals surface area contributed by atoms with E-state index in [0.717, 1.165) is 5.76 Å². The predicted molar refractivity (Wildman–Crippen MR) is 112 cm³/mol. The molecule has 2 N–H and O–H groups in total. The summed E-state index contributed by atoms with van der Waals surface area (Å²) in [6, 6.07) is 18.5. The number of halogens is 1. The highest BCUT2D eigenvalue weighted by atomic mass is 19.1. The highest BCUT2D eigenvalue weighted by Crippen LogP contribution is 2.20. The molecule has 0 radical (unpaired) electrons. The van der Waals surface area contributed by atoms with E-state index in [4.69, 9.17) is 4.42 Å². The molecule has 4 aromatic rings. The van der Waals surface area contributed by atoms with Gasteiger partial charge in [0, 0.05) is 23.0 Å². The molecule has 150 valence electrons. The summed E-state index contributed by atoms with van der Waals surface area (Å²) in [7, 11) is 0. The van der Waals surface area contributed by atoms with E-state index < -0.39 is 0 Å². The summed E-state index contributed by atoms with van der Waals surface area (Å²) in [5.74, 6) is 2.02. The van der Waals surface area contributed by atoms with Crippen molar-refractivity contribution in [1.82, 2.24) is 15.3 Å². The van der Waals surface area contributed by atoms with Gasteiger partial charge in [-0.1, -0.05) is 6.07 Å². The Labute approximate surface area is 172 Å². The van der Waals surface area contributed by atoms with E-state index in [1.807, 2.05) is 25.1 Å². The Bertz CT molecular complexity index is 1170. The summed E-state index contributed by atoms with van der Waals surface area (Å²) >= 11 is 0. The topological polar surface area (TPSA) is 80.0 Å². The van der Waals surface area contributed by atoms with Gasteiger partial charge in [-0.05, 0) is 67.6 Å². The molecule has 2 aromatic carbocycles. The third-order valence-electron chi connectivity index (χ3n) is 4.37. The maximum absolute atomic E-state index is 13.1. The minimum Gasteiger partial charge on any atom is -0.465 e. The lowest BCUT2D eigenvalue weighted by molar-refractivity contribution is 0.0948. The number of amides is 1. The molecule has 0 aliphatic heterocycles. The second kappa shape index (κ2) is 8.57. The van der Waals surface area contributed by atoms with Crippen LogP contribution in [-0.2, 0) is 6.54 Å². The fraction of sp³-hybridized carbons (Fsp3) is 0.0870. The number of aryl methyl sites for hydroxylation is 1. The predicted octanol–water partition coefficient (Wildman–Crippen LogP) is 4.86. The normalized spacial score (nSPS) is 10.6. The lowest BCUT2D eigenvalue weighted by Gasteiger charge is -2.09. The van der Waals surface area contributed by atoms with Crippen LogP contribution in [0, 0.1) is 12.7 Å². The van der Waals surface area contributed by atoms with Crippen molar-refractivity contribution in [3.63, 3.8) is 0 Å². The maximum Gasteiger partial charge on any atom is 0.251 e. The van der Waals surface area contributed by atoms with Crippen molar-refractivity contribution in [3.8, 4) is 11.4 Å². The van der Waals surface area contributed by atoms with Crippen LogP contribution in [0.15, 0.2) is 77.3 Å². The number of aromatic nitrogens is 2. The molecule has 2 aromatic heterocycles. The molecule has 0 saturated carbocycles. The van der Waals surface area contributed by atoms with Crippen LogP contribution < -0.4 is 10.6 Å². The average molecular weight is 402 g/mol. The molecule has 0 aliphatic carbocycles. The molecule has 1 amide bonds. The molecule has 4 rings (SSSR count). The zero-order valence-electron chi connectivity index (χ0n) is 16.2. The van der Waals surface area contributed by atoms with Crippen molar-refractivity contribution >= 4 is 17.4 Å². The smallest absolute Gasteiger partial charge is 0.251 e. The summed E-state index contributed by atoms with van der Waals surface area (Å²) in [5, 5.41) is 6.01. The highest BCUT2D eigenvalue weighted by molar-refractivity contribution is 5.95. The molecule has 0 fully saturated rings. The van der Waals surface area contributed by atoms with Crippen molar-refractivity contribution in [2.24, 2.45) is 0 Å². The Morgan fingerprint density at radius 2 is 1.90 bits per heavy atom. The van der Waals surface area contributed by atoms with Crippen LogP contribution in [0.25, 0.3) is 11.4 Å². The first-order valence-electron chi connectivity index (χ1n) is 9.36. The molecule has 0 unspecified atom stereocenters. The number of benzene rings is 2. The van der Waals surface area contributed by atoms with Gasteiger partial charge in [0.2, 0.25) is 0 Å². The molecule has 0 atom stereocenters. The van der Waals surface area contributed by atoms with Gasteiger partial charge in [0.05, 0.1) is 6.54 Å². The van der Waals surface area contributed by atoms with Gasteiger partial charge in [-0.25, -0.2) is 14.4 Å². The standard InChI is InChI=1S/C23H19FN4O2/c1-15-5-10-20(30-15)14-26-23(29)17-3-2-4-19(13-17)27-21-11-12-25-22(28-21)16-6-8-18(24)9-7-16/h2-13H,14H2,1H3,(H,26,29)(H,25,27,28). The minimum absolute atomic E-state index is 0.206. The first-order chi connectivity index (χ1) is 14.6. The molecule has 0 saturated heterocycles. The van der Waals surface area contributed by atoms with E-state index in [1.54, 1.807) is 42.6 Å². The Hall–Kier alpha value is -4.00. The van der Waals surface area contributed by atoms with E-state index in [0.29, 0.717) is 40.8 Å². The lowest BCUT2D eigenvalue weighted by Crippen LogP contribution is -2.22. The van der Waals surface area contributed by atoms with Crippen LogP contribution in [0.4, 0.5) is 15.9 Å². The van der Waals surface area contributed by atoms with Crippen molar-refractivity contribution < 1.29 is 13.6 Å². The van der Waals surface area contributed by atoms with Crippen molar-refractivity contribution in [1.29, 1.82) is 0 Å². The van der Waals surface area contributed by atoms with Gasteiger partial charge in [-0.3, -0.25) is 4.79 Å². The summed E-state index contributed by atoms with van der Waals surface area (Å²) < 4.78 is 18.6. The molecule has 0 aliphatic rings. The first-order valence-corrected chi connectivity index (χ1v) is 9.36. The molecule has 0 bridgehead atoms. The van der Waals surface area contributed by atoms with Gasteiger partial charge in [0.15, 0.2) is 5.82 Å². The van der Waals surface area contributed by atoms with Crippen LogP contribution >= 0.6 is 0 Å². The zero-order valence-corrected chi connectivity index (χ0v) is 16.2. The number of hydrogen-bond acceptors (Lipinski definition) is 5. The van der Waals surface area contributed by atoms with Gasteiger partial charge < -0.3 is 15.1 Å². The first kappa shape index (κ1) is 19.3. The highest BCUT2D eigenvalue weighted by Gasteiger charge is 2.09. The number of nitrogens with one attached hydrogen (secondary N) is 2. The second-order valence-corrected chi connectivity index (χ2v) is 6.67. The number of carbonyl (C=O) groups excluding carboxylic acids is 1. The lowest BCUT2D eigenvalue weighted by atomic mass is 10.2. The molecular formula is C23H19FN4O2. The SMILES string of the molecule is Cc1ccc(CNC(=O)c2cccc(Nc3ccnc(-c4ccc(F)cc4)n3)c2)o1. The van der Waals surface area contributed by atoms with E-state index in [1.165, 1.54) is 12.1 Å². The third-order valence-corrected chi connectivity index (χ3v) is 4.37. The van der Waals surface area contributed by atoms with Crippen molar-refractivity contribution in [2.45, 2.75) is 13.5 Å². The fourth-order valence-corrected chi connectivity index (χ4v) is 2.90. The number of nitrogens with zero attached hydrogens (tertiary/aromatic N) is 2. The Morgan fingerprint density at radius 1 is 1.07 bits per heavy atom. The summed E-state index contributed by atoms with van der Waals surface area (Å²) in [6.45, 7) is 2.17. The number of carbonyl (C=O) groups is 1. The van der Waals surface area contributed by atoms with Crippen LogP contribution in [0.5, 0.6) is 0 Å². The quantitative estimate of drug-likeness (QED) is 0.482. The summed E-state index contributed by atoms with van der Waals surface area (Å²) in [6.07, 6.45) is 1.62. The van der Waals surface area contributed by atoms with Crippen LogP contribution in [0.3, 0.4) is 0 Å². The van der Waals surface area contributed by atoms with Crippen LogP contribution in [0.2, 0.25) is 0 Å². The van der Waals surface area contributed by atoms with Crippen LogP contribution in [-0.4, -0.2) is 15.9 Å². The molecule has 0 spiro atoms. The van der Waals surface area contributed by atoms with E-state index in [-0.39, 0.29) is 11.7 Å². The van der Waals surface area contributed by atoms with E-state index in [9.17, 15) is 9.18 Å². The number of furan rings is 1. The zero-order chi connectivity index (χ0) is 20.9. The Balaban J connectivity index is 1.46. The summed E-state index contributed by atoms with van der Waals surface area (Å²) in [4.78, 5) is 21.2.